The molecular formula is C14H19BrN2O2S. The molecule has 1 aliphatic carbocycles. The number of aromatic carboxylic acids is 1. The maximum atomic E-state index is 11.3. The summed E-state index contributed by atoms with van der Waals surface area (Å²) in [4.78, 5) is 15.5. The van der Waals surface area contributed by atoms with Crippen LogP contribution in [0.2, 0.25) is 0 Å². The van der Waals surface area contributed by atoms with Crippen LogP contribution < -0.4 is 5.32 Å². The van der Waals surface area contributed by atoms with E-state index in [1.54, 1.807) is 12.3 Å². The molecular weight excluding hydrogens is 340 g/mol. The Bertz CT molecular complexity index is 490. The molecule has 4 nitrogen and oxygen atoms in total. The Balaban J connectivity index is 2.11. The van der Waals surface area contributed by atoms with Gasteiger partial charge < -0.3 is 10.4 Å². The standard InChI is InChI=1S/C14H19BrN2O2S/c1-20-14(5-3-2-4-6-14)9-17-12-11(13(18)19)7-10(15)8-16-12/h7-8H,2-6,9H2,1H3,(H,16,17)(H,18,19). The van der Waals surface area contributed by atoms with Crippen LogP contribution in [0.5, 0.6) is 0 Å². The van der Waals surface area contributed by atoms with Gasteiger partial charge in [0.2, 0.25) is 0 Å². The molecule has 110 valence electrons. The molecule has 6 heteroatoms. The van der Waals surface area contributed by atoms with Gasteiger partial charge in [-0.25, -0.2) is 9.78 Å². The van der Waals surface area contributed by atoms with Crippen molar-refractivity contribution >= 4 is 39.5 Å². The highest BCUT2D eigenvalue weighted by Gasteiger charge is 2.31. The zero-order valence-corrected chi connectivity index (χ0v) is 13.9. The molecule has 2 rings (SSSR count). The van der Waals surface area contributed by atoms with Gasteiger partial charge in [-0.15, -0.1) is 0 Å². The fraction of sp³-hybridized carbons (Fsp3) is 0.571. The number of hydrogen-bond acceptors (Lipinski definition) is 4. The van der Waals surface area contributed by atoms with E-state index in [1.807, 2.05) is 11.8 Å². The lowest BCUT2D eigenvalue weighted by atomic mass is 9.88. The zero-order valence-electron chi connectivity index (χ0n) is 11.5. The van der Waals surface area contributed by atoms with Crippen molar-refractivity contribution in [2.45, 2.75) is 36.9 Å². The van der Waals surface area contributed by atoms with Crippen LogP contribution in [0.3, 0.4) is 0 Å². The Hall–Kier alpha value is -0.750. The molecule has 1 heterocycles. The average Bonchev–Trinajstić information content (AvgIpc) is 2.47. The second kappa shape index (κ2) is 6.80. The van der Waals surface area contributed by atoms with Gasteiger partial charge in [-0.05, 0) is 41.1 Å². The van der Waals surface area contributed by atoms with Crippen LogP contribution in [0.25, 0.3) is 0 Å². The summed E-state index contributed by atoms with van der Waals surface area (Å²) in [5.74, 6) is -0.497. The summed E-state index contributed by atoms with van der Waals surface area (Å²) < 4.78 is 0.890. The lowest BCUT2D eigenvalue weighted by Gasteiger charge is -2.36. The van der Waals surface area contributed by atoms with Gasteiger partial charge in [0, 0.05) is 22.0 Å². The van der Waals surface area contributed by atoms with E-state index in [0.29, 0.717) is 10.3 Å². The quantitative estimate of drug-likeness (QED) is 0.832. The van der Waals surface area contributed by atoms with Gasteiger partial charge >= 0.3 is 5.97 Å². The van der Waals surface area contributed by atoms with Crippen molar-refractivity contribution in [3.05, 3.63) is 22.3 Å². The first kappa shape index (κ1) is 15.6. The molecule has 0 aliphatic heterocycles. The maximum Gasteiger partial charge on any atom is 0.339 e. The number of anilines is 1. The van der Waals surface area contributed by atoms with Crippen molar-refractivity contribution in [3.63, 3.8) is 0 Å². The number of carboxylic acid groups (broad SMARTS) is 1. The summed E-state index contributed by atoms with van der Waals surface area (Å²) in [5.41, 5.74) is 0.214. The van der Waals surface area contributed by atoms with Gasteiger partial charge in [-0.1, -0.05) is 19.3 Å². The number of aromatic nitrogens is 1. The second-order valence-electron chi connectivity index (χ2n) is 5.16. The summed E-state index contributed by atoms with van der Waals surface area (Å²) in [5, 5.41) is 12.5. The summed E-state index contributed by atoms with van der Waals surface area (Å²) >= 11 is 5.14. The summed E-state index contributed by atoms with van der Waals surface area (Å²) in [6, 6.07) is 1.59. The van der Waals surface area contributed by atoms with Crippen molar-refractivity contribution in [2.75, 3.05) is 18.1 Å². The van der Waals surface area contributed by atoms with Gasteiger partial charge in [-0.3, -0.25) is 0 Å². The summed E-state index contributed by atoms with van der Waals surface area (Å²) in [6.07, 6.45) is 9.94. The van der Waals surface area contributed by atoms with Gasteiger partial charge in [0.05, 0.1) is 0 Å². The molecule has 0 spiro atoms. The number of rotatable bonds is 5. The van der Waals surface area contributed by atoms with Crippen LogP contribution in [0.4, 0.5) is 5.82 Å². The van der Waals surface area contributed by atoms with Crippen molar-refractivity contribution in [1.29, 1.82) is 0 Å². The van der Waals surface area contributed by atoms with Gasteiger partial charge in [-0.2, -0.15) is 11.8 Å². The molecule has 1 fully saturated rings. The van der Waals surface area contributed by atoms with E-state index in [0.717, 1.165) is 6.54 Å². The number of hydrogen-bond donors (Lipinski definition) is 2. The van der Waals surface area contributed by atoms with E-state index in [-0.39, 0.29) is 10.3 Å². The van der Waals surface area contributed by atoms with E-state index in [9.17, 15) is 9.90 Å². The van der Waals surface area contributed by atoms with Gasteiger partial charge in [0.15, 0.2) is 0 Å². The maximum absolute atomic E-state index is 11.3. The van der Waals surface area contributed by atoms with Crippen LogP contribution in [0, 0.1) is 0 Å². The molecule has 1 saturated carbocycles. The SMILES string of the molecule is CSC1(CNc2ncc(Br)cc2C(=O)O)CCCCC1. The largest absolute Gasteiger partial charge is 0.478 e. The smallest absolute Gasteiger partial charge is 0.339 e. The number of thioether (sulfide) groups is 1. The van der Waals surface area contributed by atoms with Crippen LogP contribution in [0.1, 0.15) is 42.5 Å². The molecule has 20 heavy (non-hydrogen) atoms. The van der Waals surface area contributed by atoms with Crippen LogP contribution in [-0.4, -0.2) is 33.6 Å². The first-order chi connectivity index (χ1) is 9.56. The third-order valence-corrected chi connectivity index (χ3v) is 5.71. The topological polar surface area (TPSA) is 62.2 Å². The monoisotopic (exact) mass is 358 g/mol. The predicted octanol–water partition coefficient (Wildman–Crippen LogP) is 4.02. The first-order valence-electron chi connectivity index (χ1n) is 6.74. The van der Waals surface area contributed by atoms with Crippen LogP contribution >= 0.6 is 27.7 Å². The molecule has 0 saturated heterocycles. The molecule has 0 atom stereocenters. The molecule has 1 aromatic rings. The summed E-state index contributed by atoms with van der Waals surface area (Å²) in [7, 11) is 0. The van der Waals surface area contributed by atoms with E-state index in [4.69, 9.17) is 0 Å². The van der Waals surface area contributed by atoms with Gasteiger partial charge in [0.1, 0.15) is 11.4 Å². The Morgan fingerprint density at radius 1 is 1.50 bits per heavy atom. The zero-order chi connectivity index (χ0) is 14.6. The molecule has 2 N–H and O–H groups in total. The molecule has 0 radical (unpaired) electrons. The Morgan fingerprint density at radius 2 is 2.20 bits per heavy atom. The molecule has 1 aromatic heterocycles. The third kappa shape index (κ3) is 3.67. The molecule has 1 aliphatic rings. The highest BCUT2D eigenvalue weighted by atomic mass is 79.9. The van der Waals surface area contributed by atoms with E-state index >= 15 is 0 Å². The molecule has 0 bridgehead atoms. The second-order valence-corrected chi connectivity index (χ2v) is 7.35. The van der Waals surface area contributed by atoms with Gasteiger partial charge in [0.25, 0.3) is 0 Å². The first-order valence-corrected chi connectivity index (χ1v) is 8.76. The average molecular weight is 359 g/mol. The number of carbonyl (C=O) groups is 1. The van der Waals surface area contributed by atoms with E-state index < -0.39 is 5.97 Å². The minimum Gasteiger partial charge on any atom is -0.478 e. The van der Waals surface area contributed by atoms with Crippen LogP contribution in [-0.2, 0) is 0 Å². The lowest BCUT2D eigenvalue weighted by Crippen LogP contribution is -2.36. The normalized spacial score (nSPS) is 17.7. The third-order valence-electron chi connectivity index (χ3n) is 3.86. The molecule has 0 unspecified atom stereocenters. The number of nitrogens with one attached hydrogen (secondary N) is 1. The molecule has 0 aromatic carbocycles. The molecule has 0 amide bonds. The fourth-order valence-electron chi connectivity index (χ4n) is 2.64. The van der Waals surface area contributed by atoms with Crippen molar-refractivity contribution in [3.8, 4) is 0 Å². The Morgan fingerprint density at radius 3 is 2.80 bits per heavy atom. The number of nitrogens with zero attached hydrogens (tertiary/aromatic N) is 1. The Labute approximate surface area is 131 Å². The van der Waals surface area contributed by atoms with Crippen molar-refractivity contribution in [2.24, 2.45) is 0 Å². The number of carboxylic acids is 1. The fourth-order valence-corrected chi connectivity index (χ4v) is 3.88. The van der Waals surface area contributed by atoms with E-state index in [2.05, 4.69) is 32.5 Å². The summed E-state index contributed by atoms with van der Waals surface area (Å²) in [6.45, 7) is 0.767. The lowest BCUT2D eigenvalue weighted by molar-refractivity contribution is 0.0697. The minimum atomic E-state index is -0.955. The minimum absolute atomic E-state index is 0.211. The Kier molecular flexibility index (Phi) is 5.32. The number of halogens is 1. The van der Waals surface area contributed by atoms with Crippen molar-refractivity contribution in [1.82, 2.24) is 4.98 Å². The highest BCUT2D eigenvalue weighted by Crippen LogP contribution is 2.38. The van der Waals surface area contributed by atoms with Crippen molar-refractivity contribution < 1.29 is 9.90 Å². The van der Waals surface area contributed by atoms with E-state index in [1.165, 1.54) is 32.1 Å². The predicted molar refractivity (Wildman–Crippen MR) is 86.7 cm³/mol. The number of pyridine rings is 1. The van der Waals surface area contributed by atoms with Crippen LogP contribution in [0.15, 0.2) is 16.7 Å². The highest BCUT2D eigenvalue weighted by molar-refractivity contribution is 9.10.